The van der Waals surface area contributed by atoms with E-state index >= 15 is 0 Å². The van der Waals surface area contributed by atoms with E-state index in [9.17, 15) is 38.7 Å². The Labute approximate surface area is 229 Å². The highest BCUT2D eigenvalue weighted by molar-refractivity contribution is 5.99. The molecule has 222 valence electrons. The quantitative estimate of drug-likeness (QED) is 0.0599. The third-order valence-corrected chi connectivity index (χ3v) is 6.38. The molecule has 2 aliphatic rings. The van der Waals surface area contributed by atoms with Gasteiger partial charge in [0.1, 0.15) is 18.1 Å². The molecule has 1 heterocycles. The molecule has 0 unspecified atom stereocenters. The zero-order valence-corrected chi connectivity index (χ0v) is 22.4. The lowest BCUT2D eigenvalue weighted by atomic mass is 10.0. The Morgan fingerprint density at radius 1 is 0.975 bits per heavy atom. The molecule has 0 aromatic heterocycles. The molecular formula is C23H36N8O9. The second-order valence-electron chi connectivity index (χ2n) is 9.79. The first-order valence-electron chi connectivity index (χ1n) is 12.6. The number of amides is 5. The number of nitrogens with one attached hydrogen (secondary N) is 5. The van der Waals surface area contributed by atoms with Crippen LogP contribution in [-0.4, -0.2) is 96.9 Å². The van der Waals surface area contributed by atoms with Crippen molar-refractivity contribution in [1.82, 2.24) is 26.6 Å². The van der Waals surface area contributed by atoms with Crippen LogP contribution in [0.3, 0.4) is 0 Å². The number of carboxylic acids is 1. The van der Waals surface area contributed by atoms with Gasteiger partial charge in [0.15, 0.2) is 5.96 Å². The van der Waals surface area contributed by atoms with Gasteiger partial charge in [0.05, 0.1) is 38.0 Å². The van der Waals surface area contributed by atoms with Gasteiger partial charge in [-0.05, 0) is 18.8 Å². The molecule has 1 aliphatic heterocycles. The summed E-state index contributed by atoms with van der Waals surface area (Å²) in [6.45, 7) is 2.82. The second kappa shape index (κ2) is 14.1. The van der Waals surface area contributed by atoms with Gasteiger partial charge in [0.25, 0.3) is 0 Å². The number of rotatable bonds is 8. The maximum absolute atomic E-state index is 13.2. The molecule has 40 heavy (non-hydrogen) atoms. The first-order chi connectivity index (χ1) is 18.8. The van der Waals surface area contributed by atoms with E-state index in [1.54, 1.807) is 13.8 Å². The monoisotopic (exact) mass is 568 g/mol. The second-order valence-corrected chi connectivity index (χ2v) is 9.79. The van der Waals surface area contributed by atoms with E-state index in [0.29, 0.717) is 0 Å². The van der Waals surface area contributed by atoms with Gasteiger partial charge >= 0.3 is 11.9 Å². The number of esters is 1. The number of hydrogen-bond donors (Lipinski definition) is 8. The van der Waals surface area contributed by atoms with Gasteiger partial charge in [-0.1, -0.05) is 13.8 Å². The van der Waals surface area contributed by atoms with Crippen LogP contribution in [0.5, 0.6) is 0 Å². The van der Waals surface area contributed by atoms with E-state index in [1.807, 2.05) is 0 Å². The SMILES string of the molecule is COC(=O)[C@@H]1[C@H]2NC(=O)[C@H](CC(=O)O)NC(=O)CNC(=O)[C@H](CCCN=C(N)N)NC(=O)[C@H](C(C)C)NC(=O)[C@H]21. The van der Waals surface area contributed by atoms with Crippen LogP contribution in [0.15, 0.2) is 4.99 Å². The standard InChI is InChI=1S/C23H36N8O9/c1-9(2)16-21(38)29-10(5-4-6-26-23(24)25)18(35)27-8-12(32)28-11(7-13(33)34)19(36)31-17-14(20(37)30-16)15(17)22(39)40-3/h9-11,14-17H,4-8H2,1-3H3,(H,27,35)(H,28,32)(H,29,38)(H,30,37)(H,31,36)(H,33,34)(H4,24,25,26)/t10-,11-,14-,15-,16-,17-/m0/s1. The average molecular weight is 569 g/mol. The molecule has 17 nitrogen and oxygen atoms in total. The predicted octanol–water partition coefficient (Wildman–Crippen LogP) is -4.34. The van der Waals surface area contributed by atoms with Crippen LogP contribution < -0.4 is 38.1 Å². The molecule has 1 aliphatic carbocycles. The number of nitrogens with zero attached hydrogens (tertiary/aromatic N) is 1. The highest BCUT2D eigenvalue weighted by Gasteiger charge is 2.61. The summed E-state index contributed by atoms with van der Waals surface area (Å²) in [5.74, 6) is -9.08. The lowest BCUT2D eigenvalue weighted by Crippen LogP contribution is -2.57. The number of carbonyl (C=O) groups is 7. The van der Waals surface area contributed by atoms with E-state index in [4.69, 9.17) is 16.2 Å². The fourth-order valence-electron chi connectivity index (χ4n) is 4.25. The molecular weight excluding hydrogens is 532 g/mol. The highest BCUT2D eigenvalue weighted by Crippen LogP contribution is 2.40. The number of nitrogens with two attached hydrogens (primary N) is 2. The lowest BCUT2D eigenvalue weighted by molar-refractivity contribution is -0.144. The Balaban J connectivity index is 2.39. The molecule has 10 N–H and O–H groups in total. The van der Waals surface area contributed by atoms with Gasteiger partial charge < -0.3 is 47.9 Å². The third-order valence-electron chi connectivity index (χ3n) is 6.38. The molecule has 0 radical (unpaired) electrons. The number of carboxylic acid groups (broad SMARTS) is 1. The molecule has 0 bridgehead atoms. The topological polar surface area (TPSA) is 274 Å². The molecule has 6 atom stereocenters. The number of fused-ring (bicyclic) bond motifs is 1. The number of aliphatic imine (C=N–C) groups is 1. The fraction of sp³-hybridized carbons (Fsp3) is 0.652. The Kier molecular flexibility index (Phi) is 11.2. The summed E-state index contributed by atoms with van der Waals surface area (Å²) in [6.07, 6.45) is -0.475. The van der Waals surface area contributed by atoms with E-state index in [2.05, 4.69) is 31.6 Å². The minimum absolute atomic E-state index is 0.0634. The van der Waals surface area contributed by atoms with Gasteiger partial charge in [-0.25, -0.2) is 0 Å². The van der Waals surface area contributed by atoms with Gasteiger partial charge in [-0.15, -0.1) is 0 Å². The Bertz CT molecular complexity index is 1060. The number of guanidine groups is 1. The summed E-state index contributed by atoms with van der Waals surface area (Å²) in [5, 5.41) is 21.4. The van der Waals surface area contributed by atoms with Crippen molar-refractivity contribution >= 4 is 47.4 Å². The van der Waals surface area contributed by atoms with Crippen molar-refractivity contribution in [3.05, 3.63) is 0 Å². The Hall–Kier alpha value is -4.44. The number of carbonyl (C=O) groups excluding carboxylic acids is 6. The summed E-state index contributed by atoms with van der Waals surface area (Å²) in [5.41, 5.74) is 10.6. The maximum Gasteiger partial charge on any atom is 0.311 e. The van der Waals surface area contributed by atoms with Crippen molar-refractivity contribution in [1.29, 1.82) is 0 Å². The molecule has 0 aromatic carbocycles. The Morgan fingerprint density at radius 3 is 2.23 bits per heavy atom. The van der Waals surface area contributed by atoms with Crippen molar-refractivity contribution in [2.75, 3.05) is 20.2 Å². The third kappa shape index (κ3) is 8.81. The minimum atomic E-state index is -1.57. The number of aliphatic carboxylic acids is 1. The van der Waals surface area contributed by atoms with E-state index < -0.39 is 96.4 Å². The summed E-state index contributed by atoms with van der Waals surface area (Å²) >= 11 is 0. The van der Waals surface area contributed by atoms with Crippen molar-refractivity contribution < 1.29 is 43.4 Å². The van der Waals surface area contributed by atoms with Crippen molar-refractivity contribution in [3.63, 3.8) is 0 Å². The van der Waals surface area contributed by atoms with Crippen LogP contribution >= 0.6 is 0 Å². The van der Waals surface area contributed by atoms with E-state index in [0.717, 1.165) is 7.11 Å². The highest BCUT2D eigenvalue weighted by atomic mass is 16.5. The summed E-state index contributed by atoms with van der Waals surface area (Å²) < 4.78 is 4.72. The van der Waals surface area contributed by atoms with Gasteiger partial charge in [-0.2, -0.15) is 0 Å². The van der Waals surface area contributed by atoms with Crippen molar-refractivity contribution in [2.45, 2.75) is 57.3 Å². The minimum Gasteiger partial charge on any atom is -0.481 e. The molecule has 0 aromatic rings. The maximum atomic E-state index is 13.2. The molecule has 2 rings (SSSR count). The Morgan fingerprint density at radius 2 is 1.65 bits per heavy atom. The van der Waals surface area contributed by atoms with Crippen LogP contribution in [0.2, 0.25) is 0 Å². The average Bonchev–Trinajstić information content (AvgIpc) is 3.58. The first kappa shape index (κ1) is 31.8. The van der Waals surface area contributed by atoms with Gasteiger partial charge in [-0.3, -0.25) is 38.6 Å². The molecule has 0 spiro atoms. The molecule has 1 saturated heterocycles. The van der Waals surface area contributed by atoms with E-state index in [1.165, 1.54) is 0 Å². The number of methoxy groups -OCH3 is 1. The van der Waals surface area contributed by atoms with Gasteiger partial charge in [0, 0.05) is 6.54 Å². The first-order valence-corrected chi connectivity index (χ1v) is 12.6. The van der Waals surface area contributed by atoms with Crippen LogP contribution in [0.4, 0.5) is 0 Å². The summed E-state index contributed by atoms with van der Waals surface area (Å²) in [6, 6.07) is -4.93. The van der Waals surface area contributed by atoms with Crippen LogP contribution in [0.1, 0.15) is 33.1 Å². The number of ether oxygens (including phenoxy) is 1. The van der Waals surface area contributed by atoms with E-state index in [-0.39, 0.29) is 25.3 Å². The molecule has 5 amide bonds. The zero-order valence-electron chi connectivity index (χ0n) is 22.4. The lowest BCUT2D eigenvalue weighted by Gasteiger charge is -2.26. The summed E-state index contributed by atoms with van der Waals surface area (Å²) in [4.78, 5) is 92.0. The van der Waals surface area contributed by atoms with Crippen LogP contribution in [0, 0.1) is 17.8 Å². The summed E-state index contributed by atoms with van der Waals surface area (Å²) in [7, 11) is 1.10. The molecule has 1 saturated carbocycles. The molecule has 2 fully saturated rings. The van der Waals surface area contributed by atoms with Crippen molar-refractivity contribution in [2.24, 2.45) is 34.2 Å². The fourth-order valence-corrected chi connectivity index (χ4v) is 4.25. The zero-order chi connectivity index (χ0) is 30.1. The normalized spacial score (nSPS) is 27.6. The number of hydrogen-bond acceptors (Lipinski definition) is 9. The molecule has 17 heteroatoms. The predicted molar refractivity (Wildman–Crippen MR) is 137 cm³/mol. The van der Waals surface area contributed by atoms with Crippen molar-refractivity contribution in [3.8, 4) is 0 Å². The largest absolute Gasteiger partial charge is 0.481 e. The van der Waals surface area contributed by atoms with Crippen LogP contribution in [0.25, 0.3) is 0 Å². The smallest absolute Gasteiger partial charge is 0.311 e. The van der Waals surface area contributed by atoms with Crippen LogP contribution in [-0.2, 0) is 38.3 Å². The van der Waals surface area contributed by atoms with Gasteiger partial charge in [0.2, 0.25) is 29.5 Å².